The normalized spacial score (nSPS) is 27.2. The Morgan fingerprint density at radius 2 is 1.85 bits per heavy atom. The maximum atomic E-state index is 11.5. The minimum Gasteiger partial charge on any atom is -0.352 e. The van der Waals surface area contributed by atoms with Crippen molar-refractivity contribution < 1.29 is 4.79 Å². The summed E-state index contributed by atoms with van der Waals surface area (Å²) < 4.78 is 0. The number of piperidine rings is 1. The maximum Gasteiger partial charge on any atom is 0.233 e. The van der Waals surface area contributed by atoms with Gasteiger partial charge in [0.1, 0.15) is 0 Å². The number of carbonyl (C=O) groups excluding carboxylic acids is 1. The van der Waals surface area contributed by atoms with Gasteiger partial charge in [0.25, 0.3) is 0 Å². The molecular weight excluding hydrogens is 250 g/mol. The second-order valence-corrected chi connectivity index (χ2v) is 5.93. The van der Waals surface area contributed by atoms with E-state index in [1.165, 1.54) is 5.56 Å². The lowest BCUT2D eigenvalue weighted by molar-refractivity contribution is -0.121. The first-order valence-electron chi connectivity index (χ1n) is 7.36. The van der Waals surface area contributed by atoms with E-state index in [4.69, 9.17) is 5.73 Å². The molecule has 1 heterocycles. The molecule has 1 aromatic carbocycles. The van der Waals surface area contributed by atoms with Crippen LogP contribution in [0.4, 0.5) is 0 Å². The summed E-state index contributed by atoms with van der Waals surface area (Å²) >= 11 is 0. The Bertz CT molecular complexity index is 423. The van der Waals surface area contributed by atoms with Crippen molar-refractivity contribution in [3.63, 3.8) is 0 Å². The van der Waals surface area contributed by atoms with Crippen LogP contribution in [-0.4, -0.2) is 36.5 Å². The van der Waals surface area contributed by atoms with Gasteiger partial charge in [-0.05, 0) is 17.4 Å². The molecule has 0 aromatic heterocycles. The molecule has 2 atom stereocenters. The predicted molar refractivity (Wildman–Crippen MR) is 81.0 cm³/mol. The molecule has 110 valence electrons. The monoisotopic (exact) mass is 275 g/mol. The van der Waals surface area contributed by atoms with Crippen LogP contribution in [0.2, 0.25) is 0 Å². The number of likely N-dealkylation sites (tertiary alicyclic amines) is 1. The van der Waals surface area contributed by atoms with E-state index in [1.54, 1.807) is 0 Å². The van der Waals surface area contributed by atoms with Gasteiger partial charge in [-0.25, -0.2) is 0 Å². The van der Waals surface area contributed by atoms with Gasteiger partial charge in [0.15, 0.2) is 0 Å². The van der Waals surface area contributed by atoms with Gasteiger partial charge in [-0.3, -0.25) is 9.69 Å². The number of carbonyl (C=O) groups is 1. The fourth-order valence-corrected chi connectivity index (χ4v) is 3.18. The lowest BCUT2D eigenvalue weighted by atomic mass is 9.85. The van der Waals surface area contributed by atoms with Gasteiger partial charge in [-0.15, -0.1) is 0 Å². The van der Waals surface area contributed by atoms with Crippen LogP contribution in [0.25, 0.3) is 0 Å². The average Bonchev–Trinajstić information content (AvgIpc) is 2.43. The fourth-order valence-electron chi connectivity index (χ4n) is 3.18. The van der Waals surface area contributed by atoms with Gasteiger partial charge in [-0.2, -0.15) is 0 Å². The highest BCUT2D eigenvalue weighted by molar-refractivity contribution is 5.78. The summed E-state index contributed by atoms with van der Waals surface area (Å²) in [4.78, 5) is 14.0. The number of benzene rings is 1. The van der Waals surface area contributed by atoms with Crippen LogP contribution in [0.3, 0.4) is 0 Å². The van der Waals surface area contributed by atoms with Crippen LogP contribution >= 0.6 is 0 Å². The molecule has 4 nitrogen and oxygen atoms in total. The first kappa shape index (κ1) is 15.0. The van der Waals surface area contributed by atoms with E-state index in [0.717, 1.165) is 19.6 Å². The molecule has 1 aromatic rings. The highest BCUT2D eigenvalue weighted by atomic mass is 16.1. The van der Waals surface area contributed by atoms with Crippen LogP contribution in [-0.2, 0) is 11.3 Å². The maximum absolute atomic E-state index is 11.5. The smallest absolute Gasteiger partial charge is 0.233 e. The van der Waals surface area contributed by atoms with Crippen molar-refractivity contribution in [1.82, 2.24) is 10.2 Å². The summed E-state index contributed by atoms with van der Waals surface area (Å²) in [5.74, 6) is 0.834. The van der Waals surface area contributed by atoms with Gasteiger partial charge < -0.3 is 11.1 Å². The summed E-state index contributed by atoms with van der Waals surface area (Å²) in [6.07, 6.45) is 0. The van der Waals surface area contributed by atoms with Crippen molar-refractivity contribution in [1.29, 1.82) is 0 Å². The van der Waals surface area contributed by atoms with E-state index >= 15 is 0 Å². The highest BCUT2D eigenvalue weighted by Crippen LogP contribution is 2.23. The molecule has 20 heavy (non-hydrogen) atoms. The van der Waals surface area contributed by atoms with Crippen LogP contribution in [0.5, 0.6) is 0 Å². The van der Waals surface area contributed by atoms with E-state index in [0.29, 0.717) is 11.8 Å². The Hall–Kier alpha value is -1.39. The molecule has 1 amide bonds. The molecule has 1 aliphatic heterocycles. The molecule has 0 saturated carbocycles. The molecule has 1 saturated heterocycles. The largest absolute Gasteiger partial charge is 0.352 e. The van der Waals surface area contributed by atoms with Gasteiger partial charge >= 0.3 is 0 Å². The van der Waals surface area contributed by atoms with Crippen LogP contribution < -0.4 is 11.1 Å². The second-order valence-electron chi connectivity index (χ2n) is 5.93. The number of hydrogen-bond donors (Lipinski definition) is 2. The number of amides is 1. The van der Waals surface area contributed by atoms with Crippen molar-refractivity contribution in [2.45, 2.75) is 26.4 Å². The topological polar surface area (TPSA) is 58.4 Å². The molecule has 1 fully saturated rings. The van der Waals surface area contributed by atoms with E-state index in [-0.39, 0.29) is 18.5 Å². The molecule has 2 rings (SSSR count). The Morgan fingerprint density at radius 3 is 2.40 bits per heavy atom. The third-order valence-corrected chi connectivity index (χ3v) is 4.08. The van der Waals surface area contributed by atoms with Gasteiger partial charge in [0.05, 0.1) is 6.54 Å². The molecule has 2 unspecified atom stereocenters. The van der Waals surface area contributed by atoms with Crippen molar-refractivity contribution >= 4 is 5.91 Å². The zero-order chi connectivity index (χ0) is 14.5. The van der Waals surface area contributed by atoms with Crippen LogP contribution in [0.1, 0.15) is 19.4 Å². The van der Waals surface area contributed by atoms with Gasteiger partial charge in [0, 0.05) is 25.7 Å². The standard InChI is InChI=1S/C16H25N3O/c1-12-9-19(11-14-6-4-3-5-7-14)10-13(2)16(12)18-15(20)8-17/h3-7,12-13,16H,8-11,17H2,1-2H3,(H,18,20). The van der Waals surface area contributed by atoms with Crippen molar-refractivity contribution in [3.05, 3.63) is 35.9 Å². The molecule has 0 bridgehead atoms. The molecule has 4 heteroatoms. The van der Waals surface area contributed by atoms with Gasteiger partial charge in [-0.1, -0.05) is 44.2 Å². The quantitative estimate of drug-likeness (QED) is 0.868. The lowest BCUT2D eigenvalue weighted by Gasteiger charge is -2.41. The van der Waals surface area contributed by atoms with Crippen LogP contribution in [0.15, 0.2) is 30.3 Å². The number of nitrogens with zero attached hydrogens (tertiary/aromatic N) is 1. The number of nitrogens with one attached hydrogen (secondary N) is 1. The Labute approximate surface area is 121 Å². The van der Waals surface area contributed by atoms with Crippen molar-refractivity contribution in [2.75, 3.05) is 19.6 Å². The first-order chi connectivity index (χ1) is 9.60. The molecule has 3 N–H and O–H groups in total. The predicted octanol–water partition coefficient (Wildman–Crippen LogP) is 1.22. The Balaban J connectivity index is 1.93. The molecule has 0 radical (unpaired) electrons. The third kappa shape index (κ3) is 3.81. The second kappa shape index (κ2) is 6.86. The summed E-state index contributed by atoms with van der Waals surface area (Å²) in [5, 5.41) is 3.06. The molecule has 1 aliphatic rings. The summed E-state index contributed by atoms with van der Waals surface area (Å²) in [6.45, 7) is 7.48. The lowest BCUT2D eigenvalue weighted by Crippen LogP contribution is -2.55. The summed E-state index contributed by atoms with van der Waals surface area (Å²) in [5.41, 5.74) is 6.73. The fraction of sp³-hybridized carbons (Fsp3) is 0.562. The van der Waals surface area contributed by atoms with E-state index < -0.39 is 0 Å². The number of nitrogens with two attached hydrogens (primary N) is 1. The molecule has 0 spiro atoms. The Kier molecular flexibility index (Phi) is 5.15. The summed E-state index contributed by atoms with van der Waals surface area (Å²) in [6, 6.07) is 10.8. The van der Waals surface area contributed by atoms with E-state index in [1.807, 2.05) is 6.07 Å². The number of hydrogen-bond acceptors (Lipinski definition) is 3. The van der Waals surface area contributed by atoms with Crippen LogP contribution in [0, 0.1) is 11.8 Å². The first-order valence-corrected chi connectivity index (χ1v) is 7.36. The molecular formula is C16H25N3O. The SMILES string of the molecule is CC1CN(Cc2ccccc2)CC(C)C1NC(=O)CN. The zero-order valence-electron chi connectivity index (χ0n) is 12.4. The van der Waals surface area contributed by atoms with Crippen molar-refractivity contribution in [2.24, 2.45) is 17.6 Å². The third-order valence-electron chi connectivity index (χ3n) is 4.08. The molecule has 0 aliphatic carbocycles. The minimum absolute atomic E-state index is 0.0507. The minimum atomic E-state index is -0.0507. The Morgan fingerprint density at radius 1 is 1.25 bits per heavy atom. The zero-order valence-corrected chi connectivity index (χ0v) is 12.4. The van der Waals surface area contributed by atoms with Crippen molar-refractivity contribution in [3.8, 4) is 0 Å². The number of rotatable bonds is 4. The summed E-state index contributed by atoms with van der Waals surface area (Å²) in [7, 11) is 0. The van der Waals surface area contributed by atoms with E-state index in [2.05, 4.69) is 48.3 Å². The highest BCUT2D eigenvalue weighted by Gasteiger charge is 2.32. The van der Waals surface area contributed by atoms with Gasteiger partial charge in [0.2, 0.25) is 5.91 Å². The average molecular weight is 275 g/mol. The van der Waals surface area contributed by atoms with E-state index in [9.17, 15) is 4.79 Å².